The number of esters is 1. The summed E-state index contributed by atoms with van der Waals surface area (Å²) in [4.78, 5) is 24.4. The van der Waals surface area contributed by atoms with Crippen LogP contribution in [0.5, 0.6) is 5.75 Å². The number of hydrogen-bond donors (Lipinski definition) is 1. The summed E-state index contributed by atoms with van der Waals surface area (Å²) in [5.41, 5.74) is 2.41. The zero-order valence-electron chi connectivity index (χ0n) is 15.8. The van der Waals surface area contributed by atoms with Gasteiger partial charge in [-0.1, -0.05) is 60.7 Å². The zero-order chi connectivity index (χ0) is 20.6. The number of carbonyl (C=O) groups is 2. The summed E-state index contributed by atoms with van der Waals surface area (Å²) in [5, 5.41) is 2.78. The molecule has 0 aromatic heterocycles. The number of para-hydroxylation sites is 2. The van der Waals surface area contributed by atoms with Crippen molar-refractivity contribution in [3.63, 3.8) is 0 Å². The molecule has 0 fully saturated rings. The fourth-order valence-corrected chi connectivity index (χ4v) is 2.68. The highest BCUT2D eigenvalue weighted by Gasteiger charge is 2.19. The normalized spacial score (nSPS) is 11.4. The number of anilines is 1. The lowest BCUT2D eigenvalue weighted by atomic mass is 10.0. The molecule has 1 amide bonds. The van der Waals surface area contributed by atoms with Crippen molar-refractivity contribution in [1.82, 2.24) is 0 Å². The number of rotatable bonds is 7. The fourth-order valence-electron chi connectivity index (χ4n) is 2.68. The molecule has 148 valence electrons. The Balaban J connectivity index is 1.59. The summed E-state index contributed by atoms with van der Waals surface area (Å²) in [5.74, 6) is -1.89. The Morgan fingerprint density at radius 3 is 2.34 bits per heavy atom. The van der Waals surface area contributed by atoms with Crippen molar-refractivity contribution in [3.05, 3.63) is 84.7 Å². The van der Waals surface area contributed by atoms with E-state index in [4.69, 9.17) is 9.47 Å². The monoisotopic (exact) mass is 393 g/mol. The summed E-state index contributed by atoms with van der Waals surface area (Å²) in [6.07, 6.45) is -1.05. The average molecular weight is 393 g/mol. The van der Waals surface area contributed by atoms with Gasteiger partial charge < -0.3 is 14.8 Å². The molecule has 0 saturated heterocycles. The third kappa shape index (κ3) is 5.42. The Hall–Kier alpha value is -3.67. The van der Waals surface area contributed by atoms with E-state index in [9.17, 15) is 14.0 Å². The van der Waals surface area contributed by atoms with E-state index in [0.717, 1.165) is 11.1 Å². The lowest BCUT2D eigenvalue weighted by Crippen LogP contribution is -2.31. The Morgan fingerprint density at radius 2 is 1.59 bits per heavy atom. The van der Waals surface area contributed by atoms with E-state index in [-0.39, 0.29) is 5.75 Å². The van der Waals surface area contributed by atoms with Gasteiger partial charge >= 0.3 is 5.97 Å². The van der Waals surface area contributed by atoms with Crippen LogP contribution in [-0.4, -0.2) is 24.6 Å². The molecule has 3 aromatic rings. The van der Waals surface area contributed by atoms with Crippen LogP contribution in [0.4, 0.5) is 10.1 Å². The zero-order valence-corrected chi connectivity index (χ0v) is 15.8. The predicted octanol–water partition coefficient (Wildman–Crippen LogP) is 4.44. The molecule has 3 aromatic carbocycles. The SMILES string of the molecule is C[C@@H](OC(=O)COc1ccccc1F)C(=O)Nc1ccccc1-c1ccccc1. The molecule has 0 aliphatic heterocycles. The van der Waals surface area contributed by atoms with Gasteiger partial charge in [0.1, 0.15) is 0 Å². The van der Waals surface area contributed by atoms with Gasteiger partial charge in [-0.25, -0.2) is 9.18 Å². The van der Waals surface area contributed by atoms with Crippen molar-refractivity contribution in [2.75, 3.05) is 11.9 Å². The molecule has 1 atom stereocenters. The van der Waals surface area contributed by atoms with Crippen LogP contribution in [0, 0.1) is 5.82 Å². The van der Waals surface area contributed by atoms with Gasteiger partial charge in [0.2, 0.25) is 0 Å². The number of carbonyl (C=O) groups excluding carboxylic acids is 2. The molecular formula is C23H20FNO4. The second-order valence-corrected chi connectivity index (χ2v) is 6.25. The highest BCUT2D eigenvalue weighted by atomic mass is 19.1. The third-order valence-electron chi connectivity index (χ3n) is 4.13. The smallest absolute Gasteiger partial charge is 0.344 e. The molecule has 5 nitrogen and oxygen atoms in total. The highest BCUT2D eigenvalue weighted by Crippen LogP contribution is 2.27. The number of amides is 1. The number of benzene rings is 3. The predicted molar refractivity (Wildman–Crippen MR) is 108 cm³/mol. The van der Waals surface area contributed by atoms with Crippen molar-refractivity contribution in [2.45, 2.75) is 13.0 Å². The number of nitrogens with one attached hydrogen (secondary N) is 1. The minimum absolute atomic E-state index is 0.0571. The van der Waals surface area contributed by atoms with Crippen molar-refractivity contribution in [1.29, 1.82) is 0 Å². The first-order valence-corrected chi connectivity index (χ1v) is 9.06. The van der Waals surface area contributed by atoms with Crippen molar-refractivity contribution in [2.24, 2.45) is 0 Å². The maximum atomic E-state index is 13.5. The molecule has 0 heterocycles. The molecule has 0 aliphatic rings. The van der Waals surface area contributed by atoms with Gasteiger partial charge in [0.15, 0.2) is 24.3 Å². The summed E-state index contributed by atoms with van der Waals surface area (Å²) in [6, 6.07) is 22.7. The quantitative estimate of drug-likeness (QED) is 0.603. The first-order chi connectivity index (χ1) is 14.0. The minimum Gasteiger partial charge on any atom is -0.479 e. The lowest BCUT2D eigenvalue weighted by Gasteiger charge is -2.16. The summed E-state index contributed by atoms with van der Waals surface area (Å²) >= 11 is 0. The van der Waals surface area contributed by atoms with Crippen LogP contribution < -0.4 is 10.1 Å². The number of halogens is 1. The second-order valence-electron chi connectivity index (χ2n) is 6.25. The minimum atomic E-state index is -1.05. The molecule has 6 heteroatoms. The molecule has 0 spiro atoms. The Kier molecular flexibility index (Phi) is 6.58. The maximum absolute atomic E-state index is 13.5. The van der Waals surface area contributed by atoms with Crippen LogP contribution in [0.1, 0.15) is 6.92 Å². The van der Waals surface area contributed by atoms with Gasteiger partial charge in [0.25, 0.3) is 5.91 Å². The van der Waals surface area contributed by atoms with Gasteiger partial charge in [-0.2, -0.15) is 0 Å². The van der Waals surface area contributed by atoms with E-state index in [0.29, 0.717) is 5.69 Å². The maximum Gasteiger partial charge on any atom is 0.344 e. The van der Waals surface area contributed by atoms with Crippen LogP contribution >= 0.6 is 0 Å². The fraction of sp³-hybridized carbons (Fsp3) is 0.130. The van der Waals surface area contributed by atoms with E-state index < -0.39 is 30.4 Å². The topological polar surface area (TPSA) is 64.6 Å². The first-order valence-electron chi connectivity index (χ1n) is 9.06. The van der Waals surface area contributed by atoms with Crippen LogP contribution in [0.25, 0.3) is 11.1 Å². The van der Waals surface area contributed by atoms with Crippen molar-refractivity contribution < 1.29 is 23.5 Å². The van der Waals surface area contributed by atoms with Gasteiger partial charge in [-0.15, -0.1) is 0 Å². The molecule has 0 radical (unpaired) electrons. The highest BCUT2D eigenvalue weighted by molar-refractivity contribution is 5.98. The van der Waals surface area contributed by atoms with Crippen LogP contribution in [0.15, 0.2) is 78.9 Å². The molecule has 0 unspecified atom stereocenters. The van der Waals surface area contributed by atoms with Gasteiger partial charge in [-0.3, -0.25) is 4.79 Å². The van der Waals surface area contributed by atoms with Crippen LogP contribution in [0.3, 0.4) is 0 Å². The average Bonchev–Trinajstić information content (AvgIpc) is 2.74. The van der Waals surface area contributed by atoms with E-state index >= 15 is 0 Å². The van der Waals surface area contributed by atoms with Crippen molar-refractivity contribution in [3.8, 4) is 16.9 Å². The Bertz CT molecular complexity index is 991. The molecular weight excluding hydrogens is 373 g/mol. The number of hydrogen-bond acceptors (Lipinski definition) is 4. The molecule has 0 saturated carbocycles. The third-order valence-corrected chi connectivity index (χ3v) is 4.13. The van der Waals surface area contributed by atoms with Crippen molar-refractivity contribution >= 4 is 17.6 Å². The van der Waals surface area contributed by atoms with E-state index in [1.54, 1.807) is 18.2 Å². The first kappa shape index (κ1) is 20.1. The molecule has 29 heavy (non-hydrogen) atoms. The van der Waals surface area contributed by atoms with E-state index in [2.05, 4.69) is 5.32 Å². The molecule has 0 bridgehead atoms. The standard InChI is InChI=1S/C23H20FNO4/c1-16(29-22(26)15-28-21-14-8-6-12-19(21)24)23(27)25-20-13-7-5-11-18(20)17-9-3-2-4-10-17/h2-14,16H,15H2,1H3,(H,25,27)/t16-/m1/s1. The molecule has 1 N–H and O–H groups in total. The van der Waals surface area contributed by atoms with E-state index in [1.165, 1.54) is 25.1 Å². The van der Waals surface area contributed by atoms with Gasteiger partial charge in [0, 0.05) is 11.3 Å². The summed E-state index contributed by atoms with van der Waals surface area (Å²) in [7, 11) is 0. The molecule has 0 aliphatic carbocycles. The van der Waals surface area contributed by atoms with Crippen LogP contribution in [-0.2, 0) is 14.3 Å². The Morgan fingerprint density at radius 1 is 0.931 bits per heavy atom. The second kappa shape index (κ2) is 9.50. The Labute approximate surface area is 168 Å². The van der Waals surface area contributed by atoms with E-state index in [1.807, 2.05) is 42.5 Å². The molecule has 3 rings (SSSR count). The van der Waals surface area contributed by atoms with Crippen LogP contribution in [0.2, 0.25) is 0 Å². The largest absolute Gasteiger partial charge is 0.479 e. The lowest BCUT2D eigenvalue weighted by molar-refractivity contribution is -0.155. The van der Waals surface area contributed by atoms with Gasteiger partial charge in [-0.05, 0) is 30.7 Å². The summed E-state index contributed by atoms with van der Waals surface area (Å²) in [6.45, 7) is 0.959. The summed E-state index contributed by atoms with van der Waals surface area (Å²) < 4.78 is 23.7. The van der Waals surface area contributed by atoms with Gasteiger partial charge in [0.05, 0.1) is 0 Å². The number of ether oxygens (including phenoxy) is 2.